The summed E-state index contributed by atoms with van der Waals surface area (Å²) in [5.74, 6) is 0. The molecule has 6 aromatic rings. The van der Waals surface area contributed by atoms with Crippen molar-refractivity contribution in [1.82, 2.24) is 0 Å². The number of hydrogen-bond acceptors (Lipinski definition) is 4. The number of ether oxygens (including phenoxy) is 2. The van der Waals surface area contributed by atoms with E-state index in [1.165, 1.54) is 91.7 Å². The monoisotopic (exact) mass is 610 g/mol. The Hall–Kier alpha value is -6.00. The van der Waals surface area contributed by atoms with Crippen LogP contribution in [0.4, 0.5) is 0 Å². The van der Waals surface area contributed by atoms with Crippen LogP contribution in [0.5, 0.6) is 0 Å². The lowest BCUT2D eigenvalue weighted by atomic mass is 9.70. The molecule has 0 amide bonds. The molecule has 0 unspecified atom stereocenters. The van der Waals surface area contributed by atoms with E-state index in [4.69, 9.17) is 20.9 Å². The highest BCUT2D eigenvalue weighted by Crippen LogP contribution is 2.63. The van der Waals surface area contributed by atoms with Gasteiger partial charge in [0.2, 0.25) is 0 Å². The summed E-state index contributed by atoms with van der Waals surface area (Å²) in [7, 11) is 0. The average Bonchev–Trinajstić information content (AvgIpc) is 3.59. The number of nitrogens with two attached hydrogens (primary N) is 2. The maximum absolute atomic E-state index is 5.49. The van der Waals surface area contributed by atoms with E-state index in [1.54, 1.807) is 0 Å². The van der Waals surface area contributed by atoms with E-state index in [2.05, 4.69) is 133 Å². The van der Waals surface area contributed by atoms with E-state index in [1.807, 2.05) is 0 Å². The van der Waals surface area contributed by atoms with E-state index in [0.717, 1.165) is 11.1 Å². The Labute approximate surface area is 275 Å². The predicted octanol–water partition coefficient (Wildman–Crippen LogP) is 9.26. The van der Waals surface area contributed by atoms with Gasteiger partial charge in [0.25, 0.3) is 0 Å². The maximum atomic E-state index is 5.49. The van der Waals surface area contributed by atoms with Gasteiger partial charge in [0.15, 0.2) is 0 Å². The summed E-state index contributed by atoms with van der Waals surface area (Å²) in [6, 6.07) is 49.0. The first kappa shape index (κ1) is 28.5. The third kappa shape index (κ3) is 4.60. The Balaban J connectivity index is 1.29. The van der Waals surface area contributed by atoms with Gasteiger partial charge in [-0.1, -0.05) is 121 Å². The highest BCUT2D eigenvalue weighted by atomic mass is 16.5. The smallest absolute Gasteiger partial charge is 0.112 e. The minimum atomic E-state index is -0.436. The van der Waals surface area contributed by atoms with Gasteiger partial charge < -0.3 is 20.9 Å². The summed E-state index contributed by atoms with van der Waals surface area (Å²) in [5, 5.41) is 0. The van der Waals surface area contributed by atoms with Gasteiger partial charge >= 0.3 is 0 Å². The van der Waals surface area contributed by atoms with Crippen molar-refractivity contribution in [3.63, 3.8) is 0 Å². The SMILES string of the molecule is N/C=C\OCc1ccc(-c2ccc3c(c2)C2(c4ccccc4-c4ccccc42)c2cc(-c4ccc(CO/C=C\N)cc4)ccc2-3)cc1. The summed E-state index contributed by atoms with van der Waals surface area (Å²) < 4.78 is 11.0. The van der Waals surface area contributed by atoms with Crippen molar-refractivity contribution >= 4 is 0 Å². The van der Waals surface area contributed by atoms with Crippen LogP contribution in [0.25, 0.3) is 44.5 Å². The van der Waals surface area contributed by atoms with Crippen molar-refractivity contribution in [1.29, 1.82) is 0 Å². The van der Waals surface area contributed by atoms with Crippen LogP contribution in [-0.2, 0) is 28.1 Å². The van der Waals surface area contributed by atoms with Crippen molar-refractivity contribution < 1.29 is 9.47 Å². The molecule has 2 aliphatic rings. The molecule has 0 heterocycles. The Kier molecular flexibility index (Phi) is 7.11. The number of benzene rings is 6. The van der Waals surface area contributed by atoms with Crippen molar-refractivity contribution in [2.75, 3.05) is 0 Å². The molecule has 4 N–H and O–H groups in total. The molecule has 0 radical (unpaired) electrons. The van der Waals surface area contributed by atoms with Crippen LogP contribution in [0.1, 0.15) is 33.4 Å². The fourth-order valence-electron chi connectivity index (χ4n) is 7.48. The van der Waals surface area contributed by atoms with Gasteiger partial charge in [-0.05, 0) is 90.0 Å². The number of rotatable bonds is 8. The fraction of sp³-hybridized carbons (Fsp3) is 0.0698. The molecule has 0 fully saturated rings. The Morgan fingerprint density at radius 1 is 0.426 bits per heavy atom. The highest BCUT2D eigenvalue weighted by molar-refractivity contribution is 5.96. The first-order valence-electron chi connectivity index (χ1n) is 15.9. The molecule has 0 atom stereocenters. The lowest BCUT2D eigenvalue weighted by molar-refractivity contribution is 0.235. The summed E-state index contributed by atoms with van der Waals surface area (Å²) in [6.45, 7) is 0.962. The summed E-state index contributed by atoms with van der Waals surface area (Å²) in [5.41, 5.74) is 27.8. The van der Waals surface area contributed by atoms with Crippen molar-refractivity contribution in [2.24, 2.45) is 11.5 Å². The molecule has 47 heavy (non-hydrogen) atoms. The zero-order valence-corrected chi connectivity index (χ0v) is 25.9. The highest BCUT2D eigenvalue weighted by Gasteiger charge is 2.51. The number of fused-ring (bicyclic) bond motifs is 10. The first-order valence-corrected chi connectivity index (χ1v) is 15.9. The largest absolute Gasteiger partial charge is 0.495 e. The number of hydrogen-bond donors (Lipinski definition) is 2. The second-order valence-corrected chi connectivity index (χ2v) is 12.0. The van der Waals surface area contributed by atoms with Gasteiger partial charge in [-0.25, -0.2) is 0 Å². The van der Waals surface area contributed by atoms with Gasteiger partial charge in [0.1, 0.15) is 13.2 Å². The van der Waals surface area contributed by atoms with Crippen LogP contribution in [0, 0.1) is 0 Å². The van der Waals surface area contributed by atoms with Crippen LogP contribution in [0.3, 0.4) is 0 Å². The third-order valence-electron chi connectivity index (χ3n) is 9.51. The lowest BCUT2D eigenvalue weighted by Gasteiger charge is -2.31. The minimum Gasteiger partial charge on any atom is -0.495 e. The van der Waals surface area contributed by atoms with Crippen LogP contribution < -0.4 is 11.5 Å². The molecule has 6 aromatic carbocycles. The summed E-state index contributed by atoms with van der Waals surface area (Å²) in [4.78, 5) is 0. The van der Waals surface area contributed by atoms with E-state index in [0.29, 0.717) is 13.2 Å². The van der Waals surface area contributed by atoms with E-state index < -0.39 is 5.41 Å². The normalized spacial score (nSPS) is 13.4. The molecule has 0 bridgehead atoms. The molecule has 0 saturated heterocycles. The van der Waals surface area contributed by atoms with Gasteiger partial charge in [-0.2, -0.15) is 0 Å². The first-order chi connectivity index (χ1) is 23.2. The van der Waals surface area contributed by atoms with E-state index >= 15 is 0 Å². The topological polar surface area (TPSA) is 70.5 Å². The minimum absolute atomic E-state index is 0.436. The van der Waals surface area contributed by atoms with E-state index in [9.17, 15) is 0 Å². The maximum Gasteiger partial charge on any atom is 0.112 e. The van der Waals surface area contributed by atoms with Gasteiger partial charge in [0, 0.05) is 12.4 Å². The van der Waals surface area contributed by atoms with Crippen molar-refractivity contribution in [2.45, 2.75) is 18.6 Å². The molecule has 0 aliphatic heterocycles. The average molecular weight is 611 g/mol. The van der Waals surface area contributed by atoms with Crippen LogP contribution >= 0.6 is 0 Å². The molecule has 4 heteroatoms. The van der Waals surface area contributed by atoms with Gasteiger partial charge in [-0.3, -0.25) is 0 Å². The van der Waals surface area contributed by atoms with E-state index in [-0.39, 0.29) is 0 Å². The molecule has 228 valence electrons. The second-order valence-electron chi connectivity index (χ2n) is 12.0. The molecule has 8 rings (SSSR count). The van der Waals surface area contributed by atoms with Crippen molar-refractivity contribution in [3.8, 4) is 44.5 Å². The zero-order chi connectivity index (χ0) is 31.8. The Morgan fingerprint density at radius 2 is 0.809 bits per heavy atom. The Bertz CT molecular complexity index is 2000. The van der Waals surface area contributed by atoms with Crippen LogP contribution in [-0.4, -0.2) is 0 Å². The van der Waals surface area contributed by atoms with Gasteiger partial charge in [0.05, 0.1) is 17.9 Å². The zero-order valence-electron chi connectivity index (χ0n) is 25.9. The molecule has 0 aromatic heterocycles. The molecule has 1 spiro atoms. The quantitative estimate of drug-likeness (QED) is 0.168. The van der Waals surface area contributed by atoms with Crippen LogP contribution in [0.2, 0.25) is 0 Å². The standard InChI is InChI=1S/C43H34N2O2/c44-21-23-46-27-29-9-13-31(14-10-29)33-17-19-37-38-20-18-34(32-15-11-30(12-16-32)28-47-24-22-45)26-42(38)43(41(37)25-33)39-7-3-1-5-35(39)36-6-2-4-8-40(36)43/h1-26H,27-28,44-45H2/b23-21-,24-22-. The Morgan fingerprint density at radius 3 is 1.23 bits per heavy atom. The lowest BCUT2D eigenvalue weighted by Crippen LogP contribution is -2.26. The summed E-state index contributed by atoms with van der Waals surface area (Å²) >= 11 is 0. The van der Waals surface area contributed by atoms with Crippen LogP contribution in [0.15, 0.2) is 158 Å². The molecule has 0 saturated carbocycles. The predicted molar refractivity (Wildman–Crippen MR) is 190 cm³/mol. The molecule has 2 aliphatic carbocycles. The second kappa shape index (κ2) is 11.7. The van der Waals surface area contributed by atoms with Crippen molar-refractivity contribution in [3.05, 3.63) is 192 Å². The molecule has 4 nitrogen and oxygen atoms in total. The molecular formula is C43H34N2O2. The third-order valence-corrected chi connectivity index (χ3v) is 9.51. The summed E-state index contributed by atoms with van der Waals surface area (Å²) in [6.07, 6.45) is 5.84. The molecular weight excluding hydrogens is 576 g/mol. The van der Waals surface area contributed by atoms with Gasteiger partial charge in [-0.15, -0.1) is 0 Å². The fourth-order valence-corrected chi connectivity index (χ4v) is 7.48.